The number of aliphatic hydroxyl groups is 1. The summed E-state index contributed by atoms with van der Waals surface area (Å²) in [5.41, 5.74) is 2.61. The fourth-order valence-electron chi connectivity index (χ4n) is 7.08. The first-order chi connectivity index (χ1) is 12.5. The van der Waals surface area contributed by atoms with Crippen molar-refractivity contribution in [2.24, 2.45) is 17.3 Å². The highest BCUT2D eigenvalue weighted by Gasteiger charge is 2.60. The second-order valence-electron chi connectivity index (χ2n) is 9.28. The molecule has 26 heavy (non-hydrogen) atoms. The van der Waals surface area contributed by atoms with E-state index in [2.05, 4.69) is 24.0 Å². The molecule has 3 unspecified atom stereocenters. The van der Waals surface area contributed by atoms with E-state index in [1.165, 1.54) is 11.1 Å². The van der Waals surface area contributed by atoms with E-state index >= 15 is 0 Å². The molecule has 2 fully saturated rings. The molecule has 1 aromatic carbocycles. The van der Waals surface area contributed by atoms with Crippen LogP contribution in [-0.2, 0) is 6.42 Å². The Balaban J connectivity index is 1.56. The van der Waals surface area contributed by atoms with Crippen molar-refractivity contribution < 1.29 is 9.50 Å². The second-order valence-corrected chi connectivity index (χ2v) is 9.28. The summed E-state index contributed by atoms with van der Waals surface area (Å²) in [5, 5.41) is 19.3. The highest BCUT2D eigenvalue weighted by molar-refractivity contribution is 5.84. The van der Waals surface area contributed by atoms with Crippen LogP contribution in [0.3, 0.4) is 0 Å². The van der Waals surface area contributed by atoms with Crippen molar-refractivity contribution in [3.63, 3.8) is 0 Å². The Kier molecular flexibility index (Phi) is 3.57. The summed E-state index contributed by atoms with van der Waals surface area (Å²) >= 11 is 0. The zero-order valence-electron chi connectivity index (χ0n) is 15.8. The first-order valence-corrected chi connectivity index (χ1v) is 10.4. The molecular weight excluding hydrogens is 327 g/mol. The maximum atomic E-state index is 14.6. The molecule has 2 aromatic rings. The SMILES string of the molecule is CCC[C@]1(O)CCC2C3CCc4c(cc(F)c5[nH]ncc45)C3CC[C@@]21C. The van der Waals surface area contributed by atoms with E-state index in [-0.39, 0.29) is 11.2 Å². The summed E-state index contributed by atoms with van der Waals surface area (Å²) in [6.45, 7) is 4.52. The molecule has 5 rings (SSSR count). The molecule has 3 nitrogen and oxygen atoms in total. The number of rotatable bonds is 2. The zero-order chi connectivity index (χ0) is 18.1. The number of aromatic nitrogens is 2. The predicted molar refractivity (Wildman–Crippen MR) is 101 cm³/mol. The number of fused-ring (bicyclic) bond motifs is 7. The standard InChI is InChI=1S/C22H29FN2O/c1-3-8-22(26)10-7-18-15-5-4-13-16(14(15)6-9-21(18,22)2)11-19(23)20-17(13)12-24-25-20/h11-12,14-15,18,26H,3-10H2,1-2H3,(H,24,25)/t14?,15?,18?,21-,22-/m0/s1. The molecule has 4 heteroatoms. The average Bonchev–Trinajstić information content (AvgIpc) is 3.20. The molecule has 2 saturated carbocycles. The van der Waals surface area contributed by atoms with E-state index in [9.17, 15) is 9.50 Å². The van der Waals surface area contributed by atoms with Crippen LogP contribution in [0.2, 0.25) is 0 Å². The lowest BCUT2D eigenvalue weighted by atomic mass is 9.53. The molecule has 140 valence electrons. The van der Waals surface area contributed by atoms with Crippen molar-refractivity contribution in [3.8, 4) is 0 Å². The van der Waals surface area contributed by atoms with Gasteiger partial charge < -0.3 is 5.11 Å². The van der Waals surface area contributed by atoms with Crippen LogP contribution < -0.4 is 0 Å². The predicted octanol–water partition coefficient (Wildman–Crippen LogP) is 5.09. The van der Waals surface area contributed by atoms with Crippen LogP contribution in [0, 0.1) is 23.1 Å². The van der Waals surface area contributed by atoms with Gasteiger partial charge in [0.2, 0.25) is 0 Å². The van der Waals surface area contributed by atoms with Gasteiger partial charge in [0.1, 0.15) is 11.3 Å². The van der Waals surface area contributed by atoms with Gasteiger partial charge in [-0.25, -0.2) is 4.39 Å². The van der Waals surface area contributed by atoms with E-state index in [4.69, 9.17) is 0 Å². The number of benzene rings is 1. The average molecular weight is 356 g/mol. The van der Waals surface area contributed by atoms with Crippen LogP contribution in [0.4, 0.5) is 4.39 Å². The third-order valence-corrected chi connectivity index (χ3v) is 8.38. The lowest BCUT2D eigenvalue weighted by molar-refractivity contribution is -0.107. The van der Waals surface area contributed by atoms with Gasteiger partial charge in [-0.2, -0.15) is 5.10 Å². The van der Waals surface area contributed by atoms with E-state index in [1.807, 2.05) is 0 Å². The number of aromatic amines is 1. The minimum atomic E-state index is -0.503. The minimum absolute atomic E-state index is 0.0277. The first-order valence-electron chi connectivity index (χ1n) is 10.4. The van der Waals surface area contributed by atoms with Crippen LogP contribution in [0.5, 0.6) is 0 Å². The molecule has 3 aliphatic rings. The van der Waals surface area contributed by atoms with Gasteiger partial charge in [-0.3, -0.25) is 5.10 Å². The summed E-state index contributed by atoms with van der Waals surface area (Å²) in [7, 11) is 0. The zero-order valence-corrected chi connectivity index (χ0v) is 15.8. The number of aryl methyl sites for hydroxylation is 1. The highest BCUT2D eigenvalue weighted by Crippen LogP contribution is 2.65. The lowest BCUT2D eigenvalue weighted by Gasteiger charge is -2.53. The summed E-state index contributed by atoms with van der Waals surface area (Å²) < 4.78 is 14.6. The van der Waals surface area contributed by atoms with Gasteiger partial charge in [0, 0.05) is 5.39 Å². The quantitative estimate of drug-likeness (QED) is 0.787. The Morgan fingerprint density at radius 2 is 2.15 bits per heavy atom. The summed E-state index contributed by atoms with van der Waals surface area (Å²) in [4.78, 5) is 0. The summed E-state index contributed by atoms with van der Waals surface area (Å²) in [6.07, 6.45) is 10.1. The maximum absolute atomic E-state index is 14.6. The van der Waals surface area contributed by atoms with Crippen molar-refractivity contribution in [2.45, 2.75) is 76.7 Å². The Morgan fingerprint density at radius 1 is 1.31 bits per heavy atom. The molecular formula is C22H29FN2O. The summed E-state index contributed by atoms with van der Waals surface area (Å²) in [5.74, 6) is 1.42. The van der Waals surface area contributed by atoms with Gasteiger partial charge in [0.15, 0.2) is 0 Å². The van der Waals surface area contributed by atoms with Gasteiger partial charge >= 0.3 is 0 Å². The highest BCUT2D eigenvalue weighted by atomic mass is 19.1. The van der Waals surface area contributed by atoms with E-state index in [0.717, 1.165) is 56.8 Å². The van der Waals surface area contributed by atoms with Gasteiger partial charge in [0.05, 0.1) is 11.8 Å². The molecule has 3 aliphatic carbocycles. The van der Waals surface area contributed by atoms with Crippen LogP contribution >= 0.6 is 0 Å². The molecule has 0 bridgehead atoms. The molecule has 1 heterocycles. The number of hydrogen-bond acceptors (Lipinski definition) is 2. The van der Waals surface area contributed by atoms with Crippen LogP contribution in [0.1, 0.15) is 75.8 Å². The lowest BCUT2D eigenvalue weighted by Crippen LogP contribution is -2.50. The molecule has 0 saturated heterocycles. The molecule has 0 radical (unpaired) electrons. The molecule has 0 spiro atoms. The number of nitrogens with one attached hydrogen (secondary N) is 1. The Labute approximate surface area is 154 Å². The maximum Gasteiger partial charge on any atom is 0.149 e. The Bertz CT molecular complexity index is 861. The number of hydrogen-bond donors (Lipinski definition) is 2. The Hall–Kier alpha value is -1.42. The smallest absolute Gasteiger partial charge is 0.149 e. The van der Waals surface area contributed by atoms with Crippen molar-refractivity contribution >= 4 is 10.9 Å². The van der Waals surface area contributed by atoms with Crippen molar-refractivity contribution in [2.75, 3.05) is 0 Å². The van der Waals surface area contributed by atoms with Crippen molar-refractivity contribution in [1.82, 2.24) is 10.2 Å². The molecule has 0 aliphatic heterocycles. The second kappa shape index (κ2) is 5.54. The van der Waals surface area contributed by atoms with E-state index in [0.29, 0.717) is 23.3 Å². The molecule has 1 aromatic heterocycles. The van der Waals surface area contributed by atoms with Gasteiger partial charge in [-0.15, -0.1) is 0 Å². The molecule has 2 N–H and O–H groups in total. The number of nitrogens with zero attached hydrogens (tertiary/aromatic N) is 1. The van der Waals surface area contributed by atoms with Crippen molar-refractivity contribution in [3.05, 3.63) is 29.2 Å². The fraction of sp³-hybridized carbons (Fsp3) is 0.682. The normalized spacial score (nSPS) is 38.8. The van der Waals surface area contributed by atoms with Crippen LogP contribution in [0.15, 0.2) is 12.3 Å². The van der Waals surface area contributed by atoms with Crippen molar-refractivity contribution in [1.29, 1.82) is 0 Å². The summed E-state index contributed by atoms with van der Waals surface area (Å²) in [6, 6.07) is 1.78. The Morgan fingerprint density at radius 3 is 2.96 bits per heavy atom. The number of halogens is 1. The largest absolute Gasteiger partial charge is 0.389 e. The van der Waals surface area contributed by atoms with E-state index in [1.54, 1.807) is 12.3 Å². The fourth-order valence-corrected chi connectivity index (χ4v) is 7.08. The van der Waals surface area contributed by atoms with E-state index < -0.39 is 5.60 Å². The van der Waals surface area contributed by atoms with Gasteiger partial charge in [0.25, 0.3) is 0 Å². The van der Waals surface area contributed by atoms with Gasteiger partial charge in [-0.1, -0.05) is 20.3 Å². The first kappa shape index (κ1) is 16.7. The molecule has 5 atom stereocenters. The molecule has 0 amide bonds. The minimum Gasteiger partial charge on any atom is -0.389 e. The monoisotopic (exact) mass is 356 g/mol. The number of H-pyrrole nitrogens is 1. The van der Waals surface area contributed by atoms with Gasteiger partial charge in [-0.05, 0) is 85.3 Å². The topological polar surface area (TPSA) is 48.9 Å². The third-order valence-electron chi connectivity index (χ3n) is 8.38. The van der Waals surface area contributed by atoms with Crippen LogP contribution in [0.25, 0.3) is 10.9 Å². The third kappa shape index (κ3) is 2.00. The van der Waals surface area contributed by atoms with Crippen LogP contribution in [-0.4, -0.2) is 20.9 Å².